The van der Waals surface area contributed by atoms with E-state index < -0.39 is 5.91 Å². The molecular weight excluding hydrogens is 244 g/mol. The maximum absolute atomic E-state index is 11.2. The lowest BCUT2D eigenvalue weighted by Crippen LogP contribution is -2.44. The smallest absolute Gasteiger partial charge is 0.271 e. The predicted molar refractivity (Wildman–Crippen MR) is 73.0 cm³/mol. The number of carbonyl (C=O) groups excluding carboxylic acids is 1. The van der Waals surface area contributed by atoms with Crippen molar-refractivity contribution >= 4 is 11.7 Å². The lowest BCUT2D eigenvalue weighted by molar-refractivity contribution is 0.0996. The molecule has 104 valence electrons. The van der Waals surface area contributed by atoms with Crippen LogP contribution in [0.1, 0.15) is 16.9 Å². The van der Waals surface area contributed by atoms with Crippen LogP contribution in [0, 0.1) is 0 Å². The van der Waals surface area contributed by atoms with Gasteiger partial charge in [-0.2, -0.15) is 0 Å². The number of anilines is 1. The molecule has 1 saturated heterocycles. The van der Waals surface area contributed by atoms with E-state index in [1.54, 1.807) is 6.20 Å². The first kappa shape index (κ1) is 13.7. The van der Waals surface area contributed by atoms with Crippen molar-refractivity contribution in [2.45, 2.75) is 6.42 Å². The van der Waals surface area contributed by atoms with E-state index in [2.05, 4.69) is 25.5 Å². The van der Waals surface area contributed by atoms with Crippen LogP contribution >= 0.6 is 0 Å². The number of primary amides is 1. The molecule has 1 amide bonds. The van der Waals surface area contributed by atoms with Gasteiger partial charge >= 0.3 is 0 Å². The van der Waals surface area contributed by atoms with E-state index in [4.69, 9.17) is 5.73 Å². The van der Waals surface area contributed by atoms with Gasteiger partial charge in [0.05, 0.1) is 0 Å². The number of carbonyl (C=O) groups is 1. The molecule has 2 heterocycles. The SMILES string of the molecule is NC(=O)c1nccnc1NCCCN1CCNCC1. The summed E-state index contributed by atoms with van der Waals surface area (Å²) < 4.78 is 0. The number of rotatable bonds is 6. The fourth-order valence-corrected chi connectivity index (χ4v) is 2.09. The van der Waals surface area contributed by atoms with Crippen LogP contribution in [0.5, 0.6) is 0 Å². The Kier molecular flexibility index (Phi) is 5.05. The van der Waals surface area contributed by atoms with Gasteiger partial charge < -0.3 is 21.3 Å². The minimum atomic E-state index is -0.558. The van der Waals surface area contributed by atoms with Crippen LogP contribution in [-0.4, -0.2) is 60.0 Å². The van der Waals surface area contributed by atoms with Gasteiger partial charge in [-0.1, -0.05) is 0 Å². The second kappa shape index (κ2) is 7.01. The molecule has 1 aromatic heterocycles. The number of nitrogens with one attached hydrogen (secondary N) is 2. The van der Waals surface area contributed by atoms with Crippen LogP contribution < -0.4 is 16.4 Å². The Morgan fingerprint density at radius 3 is 2.84 bits per heavy atom. The summed E-state index contributed by atoms with van der Waals surface area (Å²) in [6, 6.07) is 0. The topological polar surface area (TPSA) is 96.2 Å². The summed E-state index contributed by atoms with van der Waals surface area (Å²) in [6.07, 6.45) is 4.01. The maximum atomic E-state index is 11.2. The van der Waals surface area contributed by atoms with E-state index >= 15 is 0 Å². The summed E-state index contributed by atoms with van der Waals surface area (Å²) in [7, 11) is 0. The highest BCUT2D eigenvalue weighted by Gasteiger charge is 2.11. The Balaban J connectivity index is 1.74. The molecule has 0 bridgehead atoms. The summed E-state index contributed by atoms with van der Waals surface area (Å²) in [5.74, 6) is -0.0898. The Bertz CT molecular complexity index is 418. The van der Waals surface area contributed by atoms with Crippen LogP contribution in [0.25, 0.3) is 0 Å². The number of nitrogens with zero attached hydrogens (tertiary/aromatic N) is 3. The first-order valence-corrected chi connectivity index (χ1v) is 6.55. The number of aromatic nitrogens is 2. The zero-order chi connectivity index (χ0) is 13.5. The number of amides is 1. The molecule has 0 atom stereocenters. The molecule has 1 aromatic rings. The van der Waals surface area contributed by atoms with E-state index in [0.29, 0.717) is 5.82 Å². The molecule has 0 radical (unpaired) electrons. The molecule has 0 unspecified atom stereocenters. The highest BCUT2D eigenvalue weighted by Crippen LogP contribution is 2.07. The van der Waals surface area contributed by atoms with Gasteiger partial charge in [0.2, 0.25) is 0 Å². The van der Waals surface area contributed by atoms with E-state index in [1.807, 2.05) is 0 Å². The fraction of sp³-hybridized carbons (Fsp3) is 0.583. The third kappa shape index (κ3) is 4.15. The average molecular weight is 264 g/mol. The van der Waals surface area contributed by atoms with Gasteiger partial charge in [-0.05, 0) is 13.0 Å². The third-order valence-corrected chi connectivity index (χ3v) is 3.08. The Labute approximate surface area is 112 Å². The van der Waals surface area contributed by atoms with E-state index in [-0.39, 0.29) is 5.69 Å². The Morgan fingerprint density at radius 1 is 1.37 bits per heavy atom. The molecule has 0 aliphatic carbocycles. The summed E-state index contributed by atoms with van der Waals surface area (Å²) >= 11 is 0. The third-order valence-electron chi connectivity index (χ3n) is 3.08. The lowest BCUT2D eigenvalue weighted by atomic mass is 10.3. The quantitative estimate of drug-likeness (QED) is 0.587. The molecule has 7 heteroatoms. The van der Waals surface area contributed by atoms with Crippen molar-refractivity contribution in [2.75, 3.05) is 44.6 Å². The van der Waals surface area contributed by atoms with E-state index in [9.17, 15) is 4.79 Å². The highest BCUT2D eigenvalue weighted by molar-refractivity contribution is 5.95. The van der Waals surface area contributed by atoms with E-state index in [0.717, 1.165) is 45.7 Å². The van der Waals surface area contributed by atoms with Crippen LogP contribution in [0.4, 0.5) is 5.82 Å². The van der Waals surface area contributed by atoms with Gasteiger partial charge in [-0.15, -0.1) is 0 Å². The Hall–Kier alpha value is -1.73. The van der Waals surface area contributed by atoms with Crippen LogP contribution in [0.15, 0.2) is 12.4 Å². The van der Waals surface area contributed by atoms with E-state index in [1.165, 1.54) is 6.20 Å². The van der Waals surface area contributed by atoms with Crippen molar-refractivity contribution in [2.24, 2.45) is 5.73 Å². The molecule has 19 heavy (non-hydrogen) atoms. The van der Waals surface area contributed by atoms with Gasteiger partial charge in [0.1, 0.15) is 0 Å². The van der Waals surface area contributed by atoms with Crippen molar-refractivity contribution in [3.8, 4) is 0 Å². The van der Waals surface area contributed by atoms with Gasteiger partial charge in [0, 0.05) is 45.1 Å². The first-order valence-electron chi connectivity index (χ1n) is 6.55. The number of hydrogen-bond acceptors (Lipinski definition) is 6. The minimum Gasteiger partial charge on any atom is -0.368 e. The molecule has 0 spiro atoms. The molecule has 0 aromatic carbocycles. The first-order chi connectivity index (χ1) is 9.27. The minimum absolute atomic E-state index is 0.199. The number of hydrogen-bond donors (Lipinski definition) is 3. The second-order valence-corrected chi connectivity index (χ2v) is 4.49. The van der Waals surface area contributed by atoms with Crippen molar-refractivity contribution in [3.63, 3.8) is 0 Å². The van der Waals surface area contributed by atoms with Gasteiger partial charge in [0.25, 0.3) is 5.91 Å². The molecule has 1 fully saturated rings. The zero-order valence-corrected chi connectivity index (χ0v) is 10.9. The summed E-state index contributed by atoms with van der Waals surface area (Å²) in [4.78, 5) is 21.6. The molecule has 1 aliphatic rings. The van der Waals surface area contributed by atoms with Crippen LogP contribution in [0.3, 0.4) is 0 Å². The zero-order valence-electron chi connectivity index (χ0n) is 10.9. The van der Waals surface area contributed by atoms with Crippen molar-refractivity contribution in [3.05, 3.63) is 18.1 Å². The standard InChI is InChI=1S/C12H20N6O/c13-11(19)10-12(17-4-3-15-10)16-2-1-7-18-8-5-14-6-9-18/h3-4,14H,1-2,5-9H2,(H2,13,19)(H,16,17). The molecule has 7 nitrogen and oxygen atoms in total. The number of piperazine rings is 1. The second-order valence-electron chi connectivity index (χ2n) is 4.49. The van der Waals surface area contributed by atoms with Crippen LogP contribution in [-0.2, 0) is 0 Å². The summed E-state index contributed by atoms with van der Waals surface area (Å²) in [6.45, 7) is 6.10. The normalized spacial score (nSPS) is 16.2. The largest absolute Gasteiger partial charge is 0.368 e. The van der Waals surface area contributed by atoms with Crippen molar-refractivity contribution in [1.29, 1.82) is 0 Å². The van der Waals surface area contributed by atoms with Crippen molar-refractivity contribution < 1.29 is 4.79 Å². The van der Waals surface area contributed by atoms with Gasteiger partial charge in [0.15, 0.2) is 11.5 Å². The molecule has 1 aliphatic heterocycles. The predicted octanol–water partition coefficient (Wildman–Crippen LogP) is -0.717. The average Bonchev–Trinajstić information content (AvgIpc) is 2.45. The molecular formula is C12H20N6O. The Morgan fingerprint density at radius 2 is 2.11 bits per heavy atom. The summed E-state index contributed by atoms with van der Waals surface area (Å²) in [5, 5.41) is 6.44. The lowest BCUT2D eigenvalue weighted by Gasteiger charge is -2.27. The van der Waals surface area contributed by atoms with Gasteiger partial charge in [-0.25, -0.2) is 9.97 Å². The molecule has 0 saturated carbocycles. The van der Waals surface area contributed by atoms with Crippen molar-refractivity contribution in [1.82, 2.24) is 20.2 Å². The fourth-order valence-electron chi connectivity index (χ4n) is 2.09. The molecule has 2 rings (SSSR count). The summed E-state index contributed by atoms with van der Waals surface area (Å²) in [5.41, 5.74) is 5.44. The van der Waals surface area contributed by atoms with Gasteiger partial charge in [-0.3, -0.25) is 4.79 Å². The monoisotopic (exact) mass is 264 g/mol. The number of nitrogens with two attached hydrogens (primary N) is 1. The highest BCUT2D eigenvalue weighted by atomic mass is 16.1. The maximum Gasteiger partial charge on any atom is 0.271 e. The molecule has 4 N–H and O–H groups in total. The van der Waals surface area contributed by atoms with Crippen LogP contribution in [0.2, 0.25) is 0 Å².